The summed E-state index contributed by atoms with van der Waals surface area (Å²) >= 11 is 0. The molecule has 0 heterocycles. The highest BCUT2D eigenvalue weighted by atomic mass is 16.6. The summed E-state index contributed by atoms with van der Waals surface area (Å²) in [5.74, 6) is 0. The Morgan fingerprint density at radius 2 is 2.14 bits per heavy atom. The molecule has 0 saturated carbocycles. The Kier molecular flexibility index (Phi) is 9.68. The largest absolute Gasteiger partial charge is 0.447 e. The molecule has 0 radical (unpaired) electrons. The van der Waals surface area contributed by atoms with Crippen LogP contribution in [0.15, 0.2) is 0 Å². The van der Waals surface area contributed by atoms with Crippen molar-refractivity contribution >= 4 is 6.09 Å². The molecule has 0 unspecified atom stereocenters. The van der Waals surface area contributed by atoms with E-state index in [-0.39, 0.29) is 13.2 Å². The van der Waals surface area contributed by atoms with Gasteiger partial charge in [-0.05, 0) is 6.42 Å². The van der Waals surface area contributed by atoms with E-state index in [4.69, 9.17) is 9.84 Å². The molecule has 0 spiro atoms. The first-order chi connectivity index (χ1) is 6.81. The molecule has 2 N–H and O–H groups in total. The van der Waals surface area contributed by atoms with Gasteiger partial charge in [0.1, 0.15) is 6.61 Å². The molecular formula is C9H19NO4. The van der Waals surface area contributed by atoms with Gasteiger partial charge >= 0.3 is 6.09 Å². The van der Waals surface area contributed by atoms with Crippen molar-refractivity contribution in [2.24, 2.45) is 0 Å². The zero-order chi connectivity index (χ0) is 10.6. The van der Waals surface area contributed by atoms with Crippen molar-refractivity contribution in [3.8, 4) is 0 Å². The summed E-state index contributed by atoms with van der Waals surface area (Å²) < 4.78 is 9.77. The van der Waals surface area contributed by atoms with Crippen LogP contribution in [0, 0.1) is 0 Å². The van der Waals surface area contributed by atoms with Crippen molar-refractivity contribution in [3.63, 3.8) is 0 Å². The second-order valence-corrected chi connectivity index (χ2v) is 2.75. The van der Waals surface area contributed by atoms with E-state index in [9.17, 15) is 4.79 Å². The molecule has 14 heavy (non-hydrogen) atoms. The van der Waals surface area contributed by atoms with Gasteiger partial charge in [0.25, 0.3) is 0 Å². The molecule has 0 aliphatic carbocycles. The van der Waals surface area contributed by atoms with Gasteiger partial charge in [0.15, 0.2) is 0 Å². The lowest BCUT2D eigenvalue weighted by Gasteiger charge is -2.06. The Morgan fingerprint density at radius 1 is 1.36 bits per heavy atom. The van der Waals surface area contributed by atoms with Gasteiger partial charge in [-0.3, -0.25) is 0 Å². The minimum absolute atomic E-state index is 0.0303. The highest BCUT2D eigenvalue weighted by molar-refractivity contribution is 5.66. The summed E-state index contributed by atoms with van der Waals surface area (Å²) in [4.78, 5) is 10.8. The minimum atomic E-state index is -0.516. The van der Waals surface area contributed by atoms with Gasteiger partial charge in [0, 0.05) is 13.2 Å². The number of nitrogens with one attached hydrogen (secondary N) is 1. The molecule has 0 aromatic rings. The second kappa shape index (κ2) is 10.3. The van der Waals surface area contributed by atoms with Gasteiger partial charge in [-0.25, -0.2) is 4.79 Å². The Balaban J connectivity index is 3.07. The predicted molar refractivity (Wildman–Crippen MR) is 52.2 cm³/mol. The first kappa shape index (κ1) is 13.2. The number of hydrogen-bond donors (Lipinski definition) is 2. The van der Waals surface area contributed by atoms with Crippen molar-refractivity contribution in [2.45, 2.75) is 19.8 Å². The number of rotatable bonds is 8. The third-order valence-electron chi connectivity index (χ3n) is 1.48. The van der Waals surface area contributed by atoms with Crippen molar-refractivity contribution in [1.29, 1.82) is 0 Å². The minimum Gasteiger partial charge on any atom is -0.447 e. The number of hydrogen-bond acceptors (Lipinski definition) is 4. The van der Waals surface area contributed by atoms with E-state index in [1.54, 1.807) is 0 Å². The van der Waals surface area contributed by atoms with E-state index in [1.165, 1.54) is 0 Å². The van der Waals surface area contributed by atoms with Crippen LogP contribution in [0.2, 0.25) is 0 Å². The summed E-state index contributed by atoms with van der Waals surface area (Å²) in [6.07, 6.45) is 1.62. The maximum atomic E-state index is 10.8. The number of aliphatic hydroxyl groups excluding tert-OH is 1. The van der Waals surface area contributed by atoms with Crippen LogP contribution in [0.25, 0.3) is 0 Å². The zero-order valence-corrected chi connectivity index (χ0v) is 8.62. The maximum Gasteiger partial charge on any atom is 0.407 e. The Labute approximate surface area is 84.4 Å². The smallest absolute Gasteiger partial charge is 0.407 e. The molecule has 0 rings (SSSR count). The van der Waals surface area contributed by atoms with Gasteiger partial charge < -0.3 is 19.9 Å². The van der Waals surface area contributed by atoms with Gasteiger partial charge in [0.05, 0.1) is 13.2 Å². The van der Waals surface area contributed by atoms with Gasteiger partial charge in [-0.1, -0.05) is 13.3 Å². The predicted octanol–water partition coefficient (Wildman–Crippen LogP) is 0.522. The van der Waals surface area contributed by atoms with Crippen LogP contribution in [0.1, 0.15) is 19.8 Å². The number of ether oxygens (including phenoxy) is 2. The van der Waals surface area contributed by atoms with E-state index in [1.807, 2.05) is 0 Å². The highest BCUT2D eigenvalue weighted by Gasteiger charge is 1.98. The molecular weight excluding hydrogens is 186 g/mol. The summed E-state index contributed by atoms with van der Waals surface area (Å²) in [5.41, 5.74) is 0. The lowest BCUT2D eigenvalue weighted by molar-refractivity contribution is 0.108. The Bertz CT molecular complexity index is 141. The van der Waals surface area contributed by atoms with Crippen molar-refractivity contribution in [2.75, 3.05) is 33.0 Å². The van der Waals surface area contributed by atoms with Gasteiger partial charge in [0.2, 0.25) is 0 Å². The second-order valence-electron chi connectivity index (χ2n) is 2.75. The fourth-order valence-electron chi connectivity index (χ4n) is 0.763. The van der Waals surface area contributed by atoms with Crippen LogP contribution in [0.4, 0.5) is 4.79 Å². The van der Waals surface area contributed by atoms with E-state index in [0.29, 0.717) is 13.2 Å². The van der Waals surface area contributed by atoms with E-state index in [2.05, 4.69) is 17.0 Å². The highest BCUT2D eigenvalue weighted by Crippen LogP contribution is 1.86. The fraction of sp³-hybridized carbons (Fsp3) is 0.889. The molecule has 0 aliphatic rings. The third-order valence-corrected chi connectivity index (χ3v) is 1.48. The standard InChI is InChI=1S/C9H19NO4/c1-2-3-6-13-7-4-10-9(12)14-8-5-11/h11H,2-8H2,1H3,(H,10,12). The van der Waals surface area contributed by atoms with Crippen LogP contribution >= 0.6 is 0 Å². The molecule has 0 atom stereocenters. The number of unbranched alkanes of at least 4 members (excludes halogenated alkanes) is 1. The van der Waals surface area contributed by atoms with Crippen LogP contribution in [-0.2, 0) is 9.47 Å². The third kappa shape index (κ3) is 9.28. The first-order valence-corrected chi connectivity index (χ1v) is 4.90. The molecule has 5 nitrogen and oxygen atoms in total. The topological polar surface area (TPSA) is 67.8 Å². The normalized spacial score (nSPS) is 9.86. The van der Waals surface area contributed by atoms with Crippen LogP contribution in [-0.4, -0.2) is 44.2 Å². The number of carbonyl (C=O) groups excluding carboxylic acids is 1. The number of amides is 1. The lowest BCUT2D eigenvalue weighted by Crippen LogP contribution is -2.28. The number of alkyl carbamates (subject to hydrolysis) is 1. The van der Waals surface area contributed by atoms with E-state index in [0.717, 1.165) is 19.4 Å². The summed E-state index contributed by atoms with van der Waals surface area (Å²) in [7, 11) is 0. The first-order valence-electron chi connectivity index (χ1n) is 4.90. The molecule has 0 aliphatic heterocycles. The van der Waals surface area contributed by atoms with Crippen LogP contribution in [0.5, 0.6) is 0 Å². The maximum absolute atomic E-state index is 10.8. The number of carbonyl (C=O) groups is 1. The summed E-state index contributed by atoms with van der Waals surface area (Å²) in [6, 6.07) is 0. The molecule has 0 aromatic heterocycles. The molecule has 0 saturated heterocycles. The van der Waals surface area contributed by atoms with Gasteiger partial charge in [-0.15, -0.1) is 0 Å². The zero-order valence-electron chi connectivity index (χ0n) is 8.62. The summed E-state index contributed by atoms with van der Waals surface area (Å²) in [5, 5.41) is 10.9. The molecule has 0 aromatic carbocycles. The SMILES string of the molecule is CCCCOCCNC(=O)OCCO. The van der Waals surface area contributed by atoms with Crippen molar-refractivity contribution in [1.82, 2.24) is 5.32 Å². The molecule has 0 fully saturated rings. The Hall–Kier alpha value is -0.810. The van der Waals surface area contributed by atoms with E-state index >= 15 is 0 Å². The molecule has 0 bridgehead atoms. The number of aliphatic hydroxyl groups is 1. The quantitative estimate of drug-likeness (QED) is 0.567. The molecule has 84 valence electrons. The molecule has 1 amide bonds. The summed E-state index contributed by atoms with van der Waals surface area (Å²) in [6.45, 7) is 3.63. The van der Waals surface area contributed by atoms with E-state index < -0.39 is 6.09 Å². The van der Waals surface area contributed by atoms with Crippen molar-refractivity contribution in [3.05, 3.63) is 0 Å². The average molecular weight is 205 g/mol. The Morgan fingerprint density at radius 3 is 2.79 bits per heavy atom. The fourth-order valence-corrected chi connectivity index (χ4v) is 0.763. The van der Waals surface area contributed by atoms with Gasteiger partial charge in [-0.2, -0.15) is 0 Å². The molecule has 5 heteroatoms. The van der Waals surface area contributed by atoms with Crippen molar-refractivity contribution < 1.29 is 19.4 Å². The monoisotopic (exact) mass is 205 g/mol. The lowest BCUT2D eigenvalue weighted by atomic mass is 10.4. The van der Waals surface area contributed by atoms with Crippen LogP contribution < -0.4 is 5.32 Å². The van der Waals surface area contributed by atoms with Crippen LogP contribution in [0.3, 0.4) is 0 Å². The average Bonchev–Trinajstić information content (AvgIpc) is 2.20.